The fourth-order valence-corrected chi connectivity index (χ4v) is 4.13. The maximum atomic E-state index is 6.12. The summed E-state index contributed by atoms with van der Waals surface area (Å²) in [5.74, 6) is 0.878. The van der Waals surface area contributed by atoms with Gasteiger partial charge >= 0.3 is 0 Å². The summed E-state index contributed by atoms with van der Waals surface area (Å²) >= 11 is 11.9. The minimum absolute atomic E-state index is 0.0404. The number of benzene rings is 2. The number of halogens is 1. The van der Waals surface area contributed by atoms with Gasteiger partial charge in [0.25, 0.3) is 0 Å². The van der Waals surface area contributed by atoms with E-state index in [4.69, 9.17) is 28.6 Å². The number of thiocarbonyl (C=S) groups is 1. The van der Waals surface area contributed by atoms with Crippen LogP contribution in [0, 0.1) is 0 Å². The number of hydrogen-bond donors (Lipinski definition) is 1. The van der Waals surface area contributed by atoms with E-state index in [1.54, 1.807) is 0 Å². The summed E-state index contributed by atoms with van der Waals surface area (Å²) in [6, 6.07) is 20.2. The number of nitrogens with one attached hydrogen (secondary N) is 1. The molecular formula is C22H22ClN3OS. The van der Waals surface area contributed by atoms with Crippen molar-refractivity contribution >= 4 is 34.6 Å². The van der Waals surface area contributed by atoms with Crippen LogP contribution < -0.4 is 10.1 Å². The highest BCUT2D eigenvalue weighted by molar-refractivity contribution is 7.80. The lowest BCUT2D eigenvalue weighted by molar-refractivity contribution is 0.293. The summed E-state index contributed by atoms with van der Waals surface area (Å²) in [6.45, 7) is 4.37. The predicted molar refractivity (Wildman–Crippen MR) is 118 cm³/mol. The van der Waals surface area contributed by atoms with E-state index < -0.39 is 0 Å². The van der Waals surface area contributed by atoms with E-state index in [1.807, 2.05) is 43.3 Å². The maximum Gasteiger partial charge on any atom is 0.174 e. The topological polar surface area (TPSA) is 29.4 Å². The first-order chi connectivity index (χ1) is 13.7. The van der Waals surface area contributed by atoms with Gasteiger partial charge in [0.15, 0.2) is 5.11 Å². The summed E-state index contributed by atoms with van der Waals surface area (Å²) in [4.78, 5) is 2.24. The maximum absolute atomic E-state index is 6.12. The van der Waals surface area contributed by atoms with Crippen LogP contribution in [0.5, 0.6) is 5.75 Å². The second-order valence-electron chi connectivity index (χ2n) is 6.66. The largest absolute Gasteiger partial charge is 0.494 e. The number of rotatable bonds is 4. The van der Waals surface area contributed by atoms with Crippen LogP contribution in [-0.4, -0.2) is 27.7 Å². The molecule has 3 aromatic rings. The Kier molecular flexibility index (Phi) is 5.55. The van der Waals surface area contributed by atoms with Crippen molar-refractivity contribution in [2.45, 2.75) is 19.5 Å². The summed E-state index contributed by atoms with van der Waals surface area (Å²) in [7, 11) is 0. The molecule has 0 saturated heterocycles. The first-order valence-electron chi connectivity index (χ1n) is 9.36. The van der Waals surface area contributed by atoms with Gasteiger partial charge in [0.2, 0.25) is 0 Å². The molecule has 2 heterocycles. The van der Waals surface area contributed by atoms with Crippen LogP contribution in [0.4, 0.5) is 5.69 Å². The van der Waals surface area contributed by atoms with Crippen LogP contribution in [0.25, 0.3) is 0 Å². The highest BCUT2D eigenvalue weighted by Gasteiger charge is 2.30. The fourth-order valence-electron chi connectivity index (χ4n) is 3.63. The summed E-state index contributed by atoms with van der Waals surface area (Å²) in [6.07, 6.45) is 2.13. The fraction of sp³-hybridized carbons (Fsp3) is 0.227. The molecule has 1 aliphatic heterocycles. The standard InChI is InChI=1S/C22H22ClN3OS/c1-2-27-19-10-8-16(9-11-19)21-20-7-4-12-25(20)13-14-26(21)22(28)24-18-6-3-5-17(23)15-18/h3-12,15,21H,2,13-14H2,1H3,(H,24,28). The minimum atomic E-state index is 0.0404. The van der Waals surface area contributed by atoms with Crippen LogP contribution >= 0.6 is 23.8 Å². The summed E-state index contributed by atoms with van der Waals surface area (Å²) < 4.78 is 7.89. The summed E-state index contributed by atoms with van der Waals surface area (Å²) in [5, 5.41) is 4.72. The van der Waals surface area contributed by atoms with E-state index in [0.717, 1.165) is 24.5 Å². The number of hydrogen-bond acceptors (Lipinski definition) is 2. The Balaban J connectivity index is 1.64. The normalized spacial score (nSPS) is 15.8. The van der Waals surface area contributed by atoms with Crippen LogP contribution in [0.15, 0.2) is 66.9 Å². The Morgan fingerprint density at radius 2 is 1.96 bits per heavy atom. The Morgan fingerprint density at radius 3 is 2.71 bits per heavy atom. The lowest BCUT2D eigenvalue weighted by atomic mass is 10.00. The van der Waals surface area contributed by atoms with Gasteiger partial charge in [-0.3, -0.25) is 0 Å². The number of aromatic nitrogens is 1. The van der Waals surface area contributed by atoms with E-state index in [9.17, 15) is 0 Å². The molecule has 0 saturated carbocycles. The van der Waals surface area contributed by atoms with E-state index in [-0.39, 0.29) is 6.04 Å². The molecule has 144 valence electrons. The average molecular weight is 412 g/mol. The van der Waals surface area contributed by atoms with Gasteiger partial charge < -0.3 is 19.5 Å². The first-order valence-corrected chi connectivity index (χ1v) is 10.2. The summed E-state index contributed by atoms with van der Waals surface area (Å²) in [5.41, 5.74) is 3.30. The molecule has 0 radical (unpaired) electrons. The molecule has 6 heteroatoms. The van der Waals surface area contributed by atoms with Gasteiger partial charge in [-0.1, -0.05) is 29.8 Å². The lowest BCUT2D eigenvalue weighted by Gasteiger charge is -2.39. The highest BCUT2D eigenvalue weighted by Crippen LogP contribution is 2.34. The SMILES string of the molecule is CCOc1ccc(C2c3cccn3CCN2C(=S)Nc2cccc(Cl)c2)cc1. The predicted octanol–water partition coefficient (Wildman–Crippen LogP) is 5.34. The third-order valence-corrected chi connectivity index (χ3v) is 5.45. The van der Waals surface area contributed by atoms with Gasteiger partial charge in [0, 0.05) is 35.7 Å². The van der Waals surface area contributed by atoms with Gasteiger partial charge in [-0.25, -0.2) is 0 Å². The smallest absolute Gasteiger partial charge is 0.174 e. The molecule has 0 bridgehead atoms. The molecule has 4 nitrogen and oxygen atoms in total. The van der Waals surface area contributed by atoms with Gasteiger partial charge in [0.1, 0.15) is 5.75 Å². The van der Waals surface area contributed by atoms with Crippen molar-refractivity contribution < 1.29 is 4.74 Å². The van der Waals surface area contributed by atoms with Crippen molar-refractivity contribution in [1.82, 2.24) is 9.47 Å². The monoisotopic (exact) mass is 411 g/mol. The molecule has 1 aromatic heterocycles. The van der Waals surface area contributed by atoms with Crippen molar-refractivity contribution in [2.24, 2.45) is 0 Å². The molecule has 0 aliphatic carbocycles. The molecule has 4 rings (SSSR count). The number of ether oxygens (including phenoxy) is 1. The average Bonchev–Trinajstić information content (AvgIpc) is 3.17. The van der Waals surface area contributed by atoms with Gasteiger partial charge in [-0.05, 0) is 67.2 Å². The van der Waals surface area contributed by atoms with Crippen LogP contribution in [0.3, 0.4) is 0 Å². The van der Waals surface area contributed by atoms with Crippen molar-refractivity contribution in [3.8, 4) is 5.75 Å². The highest BCUT2D eigenvalue weighted by atomic mass is 35.5. The van der Waals surface area contributed by atoms with Gasteiger partial charge in [-0.2, -0.15) is 0 Å². The van der Waals surface area contributed by atoms with Crippen molar-refractivity contribution in [3.05, 3.63) is 83.1 Å². The minimum Gasteiger partial charge on any atom is -0.494 e. The third-order valence-electron chi connectivity index (χ3n) is 4.88. The molecule has 28 heavy (non-hydrogen) atoms. The molecule has 0 fully saturated rings. The molecule has 0 spiro atoms. The molecule has 2 aromatic carbocycles. The van der Waals surface area contributed by atoms with Crippen molar-refractivity contribution in [3.63, 3.8) is 0 Å². The molecule has 1 unspecified atom stereocenters. The quantitative estimate of drug-likeness (QED) is 0.586. The van der Waals surface area contributed by atoms with Crippen LogP contribution in [0.2, 0.25) is 5.02 Å². The van der Waals surface area contributed by atoms with E-state index in [2.05, 4.69) is 45.2 Å². The Hall–Kier alpha value is -2.50. The Bertz CT molecular complexity index is 970. The second kappa shape index (κ2) is 8.25. The first kappa shape index (κ1) is 18.8. The second-order valence-corrected chi connectivity index (χ2v) is 7.49. The van der Waals surface area contributed by atoms with Crippen LogP contribution in [0.1, 0.15) is 24.2 Å². The number of fused-ring (bicyclic) bond motifs is 1. The van der Waals surface area contributed by atoms with E-state index in [1.165, 1.54) is 11.3 Å². The number of anilines is 1. The molecule has 1 N–H and O–H groups in total. The Morgan fingerprint density at radius 1 is 1.14 bits per heavy atom. The number of nitrogens with zero attached hydrogens (tertiary/aromatic N) is 2. The molecule has 1 aliphatic rings. The zero-order valence-electron chi connectivity index (χ0n) is 15.6. The molecule has 0 amide bonds. The Labute approximate surface area is 175 Å². The van der Waals surface area contributed by atoms with Gasteiger partial charge in [0.05, 0.1) is 12.6 Å². The van der Waals surface area contributed by atoms with E-state index >= 15 is 0 Å². The van der Waals surface area contributed by atoms with Crippen molar-refractivity contribution in [1.29, 1.82) is 0 Å². The zero-order valence-corrected chi connectivity index (χ0v) is 17.2. The molecule has 1 atom stereocenters. The molecular weight excluding hydrogens is 390 g/mol. The van der Waals surface area contributed by atoms with Crippen LogP contribution in [-0.2, 0) is 6.54 Å². The lowest BCUT2D eigenvalue weighted by Crippen LogP contribution is -2.44. The van der Waals surface area contributed by atoms with Gasteiger partial charge in [-0.15, -0.1) is 0 Å². The third kappa shape index (κ3) is 3.86. The zero-order chi connectivity index (χ0) is 19.5. The van der Waals surface area contributed by atoms with E-state index in [0.29, 0.717) is 16.7 Å². The van der Waals surface area contributed by atoms with Crippen molar-refractivity contribution in [2.75, 3.05) is 18.5 Å².